The predicted octanol–water partition coefficient (Wildman–Crippen LogP) is 2.31. The van der Waals surface area contributed by atoms with Crippen LogP contribution in [0.5, 0.6) is 0 Å². The molecule has 0 radical (unpaired) electrons. The first-order valence-corrected chi connectivity index (χ1v) is 8.01. The Morgan fingerprint density at radius 1 is 1.38 bits per heavy atom. The van der Waals surface area contributed by atoms with Gasteiger partial charge in [0.05, 0.1) is 0 Å². The van der Waals surface area contributed by atoms with Gasteiger partial charge in [-0.1, -0.05) is 27.7 Å². The number of H-pyrrole nitrogens is 1. The van der Waals surface area contributed by atoms with Gasteiger partial charge >= 0.3 is 0 Å². The number of hydrogen-bond acceptors (Lipinski definition) is 3. The molecule has 0 saturated carbocycles. The second-order valence-electron chi connectivity index (χ2n) is 6.90. The van der Waals surface area contributed by atoms with E-state index in [1.165, 1.54) is 0 Å². The summed E-state index contributed by atoms with van der Waals surface area (Å²) in [7, 11) is 0. The molecule has 0 atom stereocenters. The summed E-state index contributed by atoms with van der Waals surface area (Å²) in [6.07, 6.45) is 3.04. The third-order valence-corrected chi connectivity index (χ3v) is 4.08. The molecular formula is C16H28N4O. The SMILES string of the molecule is CCCN(C(=O)c1cc(C(C)(C)C)[nH]n1)C1CCNCC1. The quantitative estimate of drug-likeness (QED) is 0.895. The monoisotopic (exact) mass is 292 g/mol. The van der Waals surface area contributed by atoms with Crippen LogP contribution in [0.3, 0.4) is 0 Å². The largest absolute Gasteiger partial charge is 0.334 e. The van der Waals surface area contributed by atoms with E-state index < -0.39 is 0 Å². The molecule has 0 bridgehead atoms. The Balaban J connectivity index is 2.15. The number of carbonyl (C=O) groups is 1. The highest BCUT2D eigenvalue weighted by molar-refractivity contribution is 5.92. The van der Waals surface area contributed by atoms with Crippen LogP contribution < -0.4 is 5.32 Å². The van der Waals surface area contributed by atoms with Crippen molar-refractivity contribution in [2.75, 3.05) is 19.6 Å². The first kappa shape index (κ1) is 16.0. The van der Waals surface area contributed by atoms with Crippen molar-refractivity contribution in [3.8, 4) is 0 Å². The lowest BCUT2D eigenvalue weighted by Crippen LogP contribution is -2.46. The van der Waals surface area contributed by atoms with Crippen molar-refractivity contribution in [1.82, 2.24) is 20.4 Å². The molecule has 0 aromatic carbocycles. The summed E-state index contributed by atoms with van der Waals surface area (Å²) in [5, 5.41) is 10.6. The van der Waals surface area contributed by atoms with E-state index in [1.54, 1.807) is 0 Å². The topological polar surface area (TPSA) is 61.0 Å². The van der Waals surface area contributed by atoms with Gasteiger partial charge in [0.15, 0.2) is 0 Å². The lowest BCUT2D eigenvalue weighted by Gasteiger charge is -2.34. The molecule has 1 aromatic rings. The molecule has 2 heterocycles. The third-order valence-electron chi connectivity index (χ3n) is 4.08. The molecule has 0 unspecified atom stereocenters. The zero-order chi connectivity index (χ0) is 15.5. The molecule has 1 aromatic heterocycles. The van der Waals surface area contributed by atoms with Crippen LogP contribution in [0.2, 0.25) is 0 Å². The molecule has 1 fully saturated rings. The fourth-order valence-electron chi connectivity index (χ4n) is 2.77. The summed E-state index contributed by atoms with van der Waals surface area (Å²) in [5.41, 5.74) is 1.54. The highest BCUT2D eigenvalue weighted by atomic mass is 16.2. The lowest BCUT2D eigenvalue weighted by molar-refractivity contribution is 0.0636. The first-order valence-electron chi connectivity index (χ1n) is 8.01. The van der Waals surface area contributed by atoms with Crippen LogP contribution in [0, 0.1) is 0 Å². The van der Waals surface area contributed by atoms with Crippen molar-refractivity contribution in [2.45, 2.75) is 58.4 Å². The number of hydrogen-bond donors (Lipinski definition) is 2. The van der Waals surface area contributed by atoms with Crippen LogP contribution in [0.1, 0.15) is 63.1 Å². The Kier molecular flexibility index (Phi) is 5.04. The van der Waals surface area contributed by atoms with Crippen LogP contribution in [-0.2, 0) is 5.41 Å². The molecule has 2 N–H and O–H groups in total. The summed E-state index contributed by atoms with van der Waals surface area (Å²) in [6.45, 7) is 11.3. The molecule has 1 aliphatic heterocycles. The fourth-order valence-corrected chi connectivity index (χ4v) is 2.77. The van der Waals surface area contributed by atoms with E-state index in [1.807, 2.05) is 11.0 Å². The average Bonchev–Trinajstić information content (AvgIpc) is 2.95. The van der Waals surface area contributed by atoms with Gasteiger partial charge in [0.2, 0.25) is 0 Å². The van der Waals surface area contributed by atoms with Crippen molar-refractivity contribution in [3.63, 3.8) is 0 Å². The number of aromatic amines is 1. The van der Waals surface area contributed by atoms with E-state index in [-0.39, 0.29) is 11.3 Å². The summed E-state index contributed by atoms with van der Waals surface area (Å²) in [5.74, 6) is 0.0653. The second-order valence-corrected chi connectivity index (χ2v) is 6.90. The molecule has 5 nitrogen and oxygen atoms in total. The maximum Gasteiger partial charge on any atom is 0.274 e. The average molecular weight is 292 g/mol. The van der Waals surface area contributed by atoms with Crippen LogP contribution in [0.4, 0.5) is 0 Å². The van der Waals surface area contributed by atoms with Crippen molar-refractivity contribution in [1.29, 1.82) is 0 Å². The van der Waals surface area contributed by atoms with Gasteiger partial charge in [-0.2, -0.15) is 5.10 Å². The second kappa shape index (κ2) is 6.60. The van der Waals surface area contributed by atoms with E-state index in [0.717, 1.165) is 44.6 Å². The molecule has 0 aliphatic carbocycles. The van der Waals surface area contributed by atoms with Crippen LogP contribution in [-0.4, -0.2) is 46.7 Å². The lowest BCUT2D eigenvalue weighted by atomic mass is 9.92. The highest BCUT2D eigenvalue weighted by Gasteiger charge is 2.28. The minimum absolute atomic E-state index is 0.0180. The van der Waals surface area contributed by atoms with Gasteiger partial charge in [-0.3, -0.25) is 9.89 Å². The minimum Gasteiger partial charge on any atom is -0.334 e. The fraction of sp³-hybridized carbons (Fsp3) is 0.750. The number of piperidine rings is 1. The van der Waals surface area contributed by atoms with E-state index in [0.29, 0.717) is 11.7 Å². The van der Waals surface area contributed by atoms with Crippen LogP contribution in [0.15, 0.2) is 6.07 Å². The summed E-state index contributed by atoms with van der Waals surface area (Å²) in [6, 6.07) is 2.25. The van der Waals surface area contributed by atoms with E-state index in [4.69, 9.17) is 0 Å². The maximum absolute atomic E-state index is 12.8. The number of amides is 1. The Labute approximate surface area is 127 Å². The summed E-state index contributed by atoms with van der Waals surface area (Å²) in [4.78, 5) is 14.8. The maximum atomic E-state index is 12.8. The van der Waals surface area contributed by atoms with Crippen LogP contribution in [0.25, 0.3) is 0 Å². The zero-order valence-electron chi connectivity index (χ0n) is 13.7. The summed E-state index contributed by atoms with van der Waals surface area (Å²) >= 11 is 0. The van der Waals surface area contributed by atoms with Gasteiger partial charge in [0.25, 0.3) is 5.91 Å². The number of aromatic nitrogens is 2. The molecular weight excluding hydrogens is 264 g/mol. The smallest absolute Gasteiger partial charge is 0.274 e. The van der Waals surface area contributed by atoms with Crippen molar-refractivity contribution < 1.29 is 4.79 Å². The molecule has 1 aliphatic rings. The highest BCUT2D eigenvalue weighted by Crippen LogP contribution is 2.22. The Hall–Kier alpha value is -1.36. The Morgan fingerprint density at radius 2 is 2.05 bits per heavy atom. The Bertz CT molecular complexity index is 469. The van der Waals surface area contributed by atoms with Gasteiger partial charge < -0.3 is 10.2 Å². The van der Waals surface area contributed by atoms with Gasteiger partial charge in [-0.15, -0.1) is 0 Å². The molecule has 0 spiro atoms. The van der Waals surface area contributed by atoms with Crippen molar-refractivity contribution >= 4 is 5.91 Å². The third kappa shape index (κ3) is 3.84. The van der Waals surface area contributed by atoms with Crippen molar-refractivity contribution in [2.24, 2.45) is 0 Å². The van der Waals surface area contributed by atoms with Gasteiger partial charge in [0.1, 0.15) is 5.69 Å². The predicted molar refractivity (Wildman–Crippen MR) is 84.5 cm³/mol. The van der Waals surface area contributed by atoms with E-state index >= 15 is 0 Å². The van der Waals surface area contributed by atoms with E-state index in [9.17, 15) is 4.79 Å². The molecule has 2 rings (SSSR count). The van der Waals surface area contributed by atoms with Gasteiger partial charge in [-0.05, 0) is 38.4 Å². The number of nitrogens with one attached hydrogen (secondary N) is 2. The summed E-state index contributed by atoms with van der Waals surface area (Å²) < 4.78 is 0. The standard InChI is InChI=1S/C16H28N4O/c1-5-10-20(12-6-8-17-9-7-12)15(21)13-11-14(19-18-13)16(2,3)4/h11-12,17H,5-10H2,1-4H3,(H,18,19). The number of carbonyl (C=O) groups excluding carboxylic acids is 1. The molecule has 118 valence electrons. The number of nitrogens with zero attached hydrogens (tertiary/aromatic N) is 2. The van der Waals surface area contributed by atoms with E-state index in [2.05, 4.69) is 43.2 Å². The molecule has 1 amide bonds. The molecule has 5 heteroatoms. The Morgan fingerprint density at radius 3 is 2.57 bits per heavy atom. The molecule has 1 saturated heterocycles. The minimum atomic E-state index is -0.0180. The number of rotatable bonds is 4. The normalized spacial score (nSPS) is 17.0. The zero-order valence-corrected chi connectivity index (χ0v) is 13.7. The van der Waals surface area contributed by atoms with Gasteiger partial charge in [-0.25, -0.2) is 0 Å². The molecule has 21 heavy (non-hydrogen) atoms. The van der Waals surface area contributed by atoms with Crippen molar-refractivity contribution in [3.05, 3.63) is 17.5 Å². The van der Waals surface area contributed by atoms with Gasteiger partial charge in [0, 0.05) is 23.7 Å². The first-order chi connectivity index (χ1) is 9.93. The van der Waals surface area contributed by atoms with Crippen LogP contribution >= 0.6 is 0 Å².